The Balaban J connectivity index is 2.23. The van der Waals surface area contributed by atoms with E-state index in [0.29, 0.717) is 11.5 Å². The molecule has 0 aliphatic rings. The molecule has 1 atom stereocenters. The number of carbonyl (C=O) groups is 1. The Morgan fingerprint density at radius 3 is 2.17 bits per heavy atom. The third-order valence-electron chi connectivity index (χ3n) is 3.98. The van der Waals surface area contributed by atoms with E-state index in [4.69, 9.17) is 9.47 Å². The zero-order valence-electron chi connectivity index (χ0n) is 14.4. The van der Waals surface area contributed by atoms with Gasteiger partial charge >= 0.3 is 0 Å². The minimum Gasteiger partial charge on any atom is -0.493 e. The van der Waals surface area contributed by atoms with Gasteiger partial charge in [-0.3, -0.25) is 4.79 Å². The van der Waals surface area contributed by atoms with Crippen molar-refractivity contribution in [2.45, 2.75) is 33.7 Å². The monoisotopic (exact) mass is 333 g/mol. The van der Waals surface area contributed by atoms with E-state index in [9.17, 15) is 4.79 Å². The maximum absolute atomic E-state index is 12.4. The molecule has 0 saturated carbocycles. The molecule has 5 heteroatoms. The SMILES string of the molecule is COc1cc(C)c(C(C)NC(=O)c2cc(C)c(C)s2)cc1OC. The average molecular weight is 333 g/mol. The number of amides is 1. The zero-order chi connectivity index (χ0) is 17.1. The van der Waals surface area contributed by atoms with E-state index in [0.717, 1.165) is 21.6 Å². The second-order valence-electron chi connectivity index (χ2n) is 5.61. The van der Waals surface area contributed by atoms with Gasteiger partial charge in [0.2, 0.25) is 0 Å². The molecule has 1 aromatic heterocycles. The van der Waals surface area contributed by atoms with Gasteiger partial charge in [-0.15, -0.1) is 11.3 Å². The molecule has 1 aromatic carbocycles. The van der Waals surface area contributed by atoms with Crippen molar-refractivity contribution in [3.63, 3.8) is 0 Å². The van der Waals surface area contributed by atoms with Gasteiger partial charge in [-0.05, 0) is 62.6 Å². The summed E-state index contributed by atoms with van der Waals surface area (Å²) in [4.78, 5) is 14.3. The van der Waals surface area contributed by atoms with Crippen molar-refractivity contribution in [2.24, 2.45) is 0 Å². The maximum Gasteiger partial charge on any atom is 0.261 e. The van der Waals surface area contributed by atoms with Crippen LogP contribution >= 0.6 is 11.3 Å². The molecule has 0 spiro atoms. The molecular weight excluding hydrogens is 310 g/mol. The Hall–Kier alpha value is -2.01. The summed E-state index contributed by atoms with van der Waals surface area (Å²) in [6.45, 7) is 8.02. The van der Waals surface area contributed by atoms with Crippen molar-refractivity contribution >= 4 is 17.2 Å². The number of ether oxygens (including phenoxy) is 2. The van der Waals surface area contributed by atoms with Gasteiger partial charge in [0.25, 0.3) is 5.91 Å². The minimum atomic E-state index is -0.120. The first-order valence-corrected chi connectivity index (χ1v) is 8.29. The second kappa shape index (κ2) is 7.04. The number of methoxy groups -OCH3 is 2. The Bertz CT molecular complexity index is 702. The van der Waals surface area contributed by atoms with Crippen LogP contribution in [0.3, 0.4) is 0 Å². The second-order valence-corrected chi connectivity index (χ2v) is 6.87. The first-order valence-electron chi connectivity index (χ1n) is 7.47. The van der Waals surface area contributed by atoms with Crippen LogP contribution in [0, 0.1) is 20.8 Å². The molecule has 0 fully saturated rings. The zero-order valence-corrected chi connectivity index (χ0v) is 15.3. The predicted octanol–water partition coefficient (Wildman–Crippen LogP) is 4.18. The molecule has 0 aliphatic carbocycles. The number of carbonyl (C=O) groups excluding carboxylic acids is 1. The number of nitrogens with one attached hydrogen (secondary N) is 1. The van der Waals surface area contributed by atoms with Crippen LogP contribution in [0.2, 0.25) is 0 Å². The maximum atomic E-state index is 12.4. The van der Waals surface area contributed by atoms with Crippen LogP contribution in [0.25, 0.3) is 0 Å². The summed E-state index contributed by atoms with van der Waals surface area (Å²) in [7, 11) is 3.22. The molecular formula is C18H23NO3S. The van der Waals surface area contributed by atoms with Gasteiger partial charge in [-0.1, -0.05) is 0 Å². The standard InChI is InChI=1S/C18H23NO3S/c1-10-8-17(23-13(10)4)18(20)19-12(3)14-9-16(22-6)15(21-5)7-11(14)2/h7-9,12H,1-6H3,(H,19,20). The van der Waals surface area contributed by atoms with Gasteiger partial charge in [0, 0.05) is 4.88 Å². The normalized spacial score (nSPS) is 11.9. The first kappa shape index (κ1) is 17.3. The summed E-state index contributed by atoms with van der Waals surface area (Å²) in [5, 5.41) is 3.06. The fourth-order valence-corrected chi connectivity index (χ4v) is 3.43. The molecule has 2 rings (SSSR count). The molecule has 4 nitrogen and oxygen atoms in total. The molecule has 0 radical (unpaired) electrons. The molecule has 1 unspecified atom stereocenters. The number of rotatable bonds is 5. The summed E-state index contributed by atoms with van der Waals surface area (Å²) in [6, 6.07) is 5.66. The Kier molecular flexibility index (Phi) is 5.31. The number of thiophene rings is 1. The van der Waals surface area contributed by atoms with Crippen molar-refractivity contribution in [1.29, 1.82) is 0 Å². The summed E-state index contributed by atoms with van der Waals surface area (Å²) in [5.41, 5.74) is 3.21. The van der Waals surface area contributed by atoms with Crippen LogP contribution in [0.15, 0.2) is 18.2 Å². The third kappa shape index (κ3) is 3.67. The van der Waals surface area contributed by atoms with Crippen LogP contribution in [-0.2, 0) is 0 Å². The van der Waals surface area contributed by atoms with Crippen LogP contribution < -0.4 is 14.8 Å². The highest BCUT2D eigenvalue weighted by Crippen LogP contribution is 2.33. The molecule has 1 amide bonds. The molecule has 124 valence electrons. The molecule has 0 saturated heterocycles. The molecule has 1 heterocycles. The topological polar surface area (TPSA) is 47.6 Å². The van der Waals surface area contributed by atoms with Crippen LogP contribution in [0.4, 0.5) is 0 Å². The highest BCUT2D eigenvalue weighted by atomic mass is 32.1. The Morgan fingerprint density at radius 2 is 1.65 bits per heavy atom. The van der Waals surface area contributed by atoms with Crippen molar-refractivity contribution in [3.05, 3.63) is 44.6 Å². The largest absolute Gasteiger partial charge is 0.493 e. The third-order valence-corrected chi connectivity index (χ3v) is 5.13. The summed E-state index contributed by atoms with van der Waals surface area (Å²) in [6.07, 6.45) is 0. The fourth-order valence-electron chi connectivity index (χ4n) is 2.49. The van der Waals surface area contributed by atoms with Gasteiger partial charge in [-0.2, -0.15) is 0 Å². The molecule has 2 aromatic rings. The lowest BCUT2D eigenvalue weighted by Gasteiger charge is -2.19. The Labute approximate surface area is 141 Å². The van der Waals surface area contributed by atoms with Crippen molar-refractivity contribution in [1.82, 2.24) is 5.32 Å². The summed E-state index contributed by atoms with van der Waals surface area (Å²) in [5.74, 6) is 1.31. The number of hydrogen-bond acceptors (Lipinski definition) is 4. The van der Waals surface area contributed by atoms with Crippen LogP contribution in [-0.4, -0.2) is 20.1 Å². The lowest BCUT2D eigenvalue weighted by atomic mass is 10.0. The van der Waals surface area contributed by atoms with Crippen LogP contribution in [0.5, 0.6) is 11.5 Å². The van der Waals surface area contributed by atoms with Crippen LogP contribution in [0.1, 0.15) is 44.2 Å². The molecule has 0 bridgehead atoms. The van der Waals surface area contributed by atoms with Gasteiger partial charge in [0.1, 0.15) is 0 Å². The predicted molar refractivity (Wildman–Crippen MR) is 94.0 cm³/mol. The Morgan fingerprint density at radius 1 is 1.04 bits per heavy atom. The van der Waals surface area contributed by atoms with Crippen molar-refractivity contribution in [3.8, 4) is 11.5 Å². The lowest BCUT2D eigenvalue weighted by molar-refractivity contribution is 0.0944. The summed E-state index contributed by atoms with van der Waals surface area (Å²) < 4.78 is 10.7. The highest BCUT2D eigenvalue weighted by molar-refractivity contribution is 7.14. The van der Waals surface area contributed by atoms with E-state index in [1.807, 2.05) is 45.9 Å². The van der Waals surface area contributed by atoms with E-state index >= 15 is 0 Å². The highest BCUT2D eigenvalue weighted by Gasteiger charge is 2.18. The molecule has 1 N–H and O–H groups in total. The van der Waals surface area contributed by atoms with Crippen molar-refractivity contribution in [2.75, 3.05) is 14.2 Å². The smallest absolute Gasteiger partial charge is 0.261 e. The number of hydrogen-bond donors (Lipinski definition) is 1. The van der Waals surface area contributed by atoms with E-state index in [1.54, 1.807) is 14.2 Å². The minimum absolute atomic E-state index is 0.0483. The quantitative estimate of drug-likeness (QED) is 0.893. The summed E-state index contributed by atoms with van der Waals surface area (Å²) >= 11 is 1.52. The van der Waals surface area contributed by atoms with E-state index in [-0.39, 0.29) is 11.9 Å². The van der Waals surface area contributed by atoms with Crippen molar-refractivity contribution < 1.29 is 14.3 Å². The van der Waals surface area contributed by atoms with E-state index < -0.39 is 0 Å². The van der Waals surface area contributed by atoms with Gasteiger partial charge in [-0.25, -0.2) is 0 Å². The average Bonchev–Trinajstić information content (AvgIpc) is 2.86. The van der Waals surface area contributed by atoms with Gasteiger partial charge < -0.3 is 14.8 Å². The van der Waals surface area contributed by atoms with Gasteiger partial charge in [0.15, 0.2) is 11.5 Å². The number of benzene rings is 1. The van der Waals surface area contributed by atoms with Gasteiger partial charge in [0.05, 0.1) is 25.1 Å². The first-order chi connectivity index (χ1) is 10.9. The fraction of sp³-hybridized carbons (Fsp3) is 0.389. The van der Waals surface area contributed by atoms with E-state index in [2.05, 4.69) is 5.32 Å². The number of aryl methyl sites for hydroxylation is 3. The molecule has 23 heavy (non-hydrogen) atoms. The molecule has 0 aliphatic heterocycles. The lowest BCUT2D eigenvalue weighted by Crippen LogP contribution is -2.26. The van der Waals surface area contributed by atoms with E-state index in [1.165, 1.54) is 16.2 Å².